The molecule has 0 aliphatic rings. The Balaban J connectivity index is 2.26. The number of benzene rings is 1. The number of ether oxygens (including phenoxy) is 2. The molecule has 0 aliphatic heterocycles. The van der Waals surface area contributed by atoms with E-state index in [1.807, 2.05) is 35.8 Å². The third kappa shape index (κ3) is 2.76. The van der Waals surface area contributed by atoms with Crippen LogP contribution >= 0.6 is 0 Å². The number of nitrogens with zero attached hydrogens (tertiary/aromatic N) is 4. The summed E-state index contributed by atoms with van der Waals surface area (Å²) in [5, 5.41) is 9.21. The zero-order valence-electron chi connectivity index (χ0n) is 13.9. The number of methoxy groups -OCH3 is 2. The predicted molar refractivity (Wildman–Crippen MR) is 90.8 cm³/mol. The van der Waals surface area contributed by atoms with Crippen molar-refractivity contribution in [3.63, 3.8) is 0 Å². The summed E-state index contributed by atoms with van der Waals surface area (Å²) in [4.78, 5) is 8.90. The first-order valence-electron chi connectivity index (χ1n) is 7.60. The van der Waals surface area contributed by atoms with Crippen LogP contribution in [0.4, 0.5) is 0 Å². The first kappa shape index (κ1) is 15.8. The zero-order valence-corrected chi connectivity index (χ0v) is 13.9. The van der Waals surface area contributed by atoms with Gasteiger partial charge in [0, 0.05) is 36.6 Å². The van der Waals surface area contributed by atoms with E-state index in [1.165, 1.54) is 0 Å². The fourth-order valence-corrected chi connectivity index (χ4v) is 2.67. The maximum Gasteiger partial charge on any atom is 0.163 e. The summed E-state index contributed by atoms with van der Waals surface area (Å²) in [5.41, 5.74) is 2.59. The van der Waals surface area contributed by atoms with Crippen molar-refractivity contribution < 1.29 is 9.47 Å². The molecule has 24 heavy (non-hydrogen) atoms. The number of aromatic nitrogens is 3. The van der Waals surface area contributed by atoms with E-state index in [4.69, 9.17) is 14.5 Å². The van der Waals surface area contributed by atoms with Crippen LogP contribution in [0.15, 0.2) is 36.7 Å². The van der Waals surface area contributed by atoms with Crippen molar-refractivity contribution in [3.05, 3.63) is 36.7 Å². The van der Waals surface area contributed by atoms with Crippen LogP contribution in [0.2, 0.25) is 0 Å². The predicted octanol–water partition coefficient (Wildman–Crippen LogP) is 3.28. The Morgan fingerprint density at radius 3 is 2.62 bits per heavy atom. The molecule has 1 aromatic carbocycles. The van der Waals surface area contributed by atoms with Gasteiger partial charge < -0.3 is 14.0 Å². The molecule has 6 heteroatoms. The molecule has 0 amide bonds. The number of hydrogen-bond donors (Lipinski definition) is 0. The van der Waals surface area contributed by atoms with E-state index in [1.54, 1.807) is 26.6 Å². The smallest absolute Gasteiger partial charge is 0.163 e. The van der Waals surface area contributed by atoms with E-state index in [0.717, 1.165) is 22.4 Å². The normalized spacial score (nSPS) is 11.9. The monoisotopic (exact) mass is 322 g/mol. The number of pyridine rings is 1. The van der Waals surface area contributed by atoms with Gasteiger partial charge in [-0.1, -0.05) is 0 Å². The zero-order chi connectivity index (χ0) is 17.1. The van der Waals surface area contributed by atoms with Crippen molar-refractivity contribution in [2.45, 2.75) is 13.5 Å². The number of fused-ring (bicyclic) bond motifs is 1. The van der Waals surface area contributed by atoms with Crippen LogP contribution in [0, 0.1) is 17.2 Å². The SMILES string of the molecule is COc1cc2nc(-c3cccnc3)n(CC(C)C#N)c2cc1OC. The third-order valence-corrected chi connectivity index (χ3v) is 3.85. The Kier molecular flexibility index (Phi) is 4.34. The molecular weight excluding hydrogens is 304 g/mol. The van der Waals surface area contributed by atoms with Gasteiger partial charge >= 0.3 is 0 Å². The fourth-order valence-electron chi connectivity index (χ4n) is 2.67. The van der Waals surface area contributed by atoms with E-state index in [9.17, 15) is 5.26 Å². The van der Waals surface area contributed by atoms with Gasteiger partial charge in [0.2, 0.25) is 0 Å². The van der Waals surface area contributed by atoms with Gasteiger partial charge in [-0.15, -0.1) is 0 Å². The van der Waals surface area contributed by atoms with Gasteiger partial charge in [-0.3, -0.25) is 4.98 Å². The fraction of sp³-hybridized carbons (Fsp3) is 0.278. The summed E-state index contributed by atoms with van der Waals surface area (Å²) in [7, 11) is 3.20. The highest BCUT2D eigenvalue weighted by Crippen LogP contribution is 2.34. The molecule has 0 radical (unpaired) electrons. The second-order valence-electron chi connectivity index (χ2n) is 5.51. The molecule has 0 bridgehead atoms. The molecule has 2 heterocycles. The number of imidazole rings is 1. The lowest BCUT2D eigenvalue weighted by Crippen LogP contribution is -2.07. The van der Waals surface area contributed by atoms with Gasteiger partial charge in [-0.25, -0.2) is 4.98 Å². The highest BCUT2D eigenvalue weighted by atomic mass is 16.5. The van der Waals surface area contributed by atoms with E-state index in [2.05, 4.69) is 11.1 Å². The van der Waals surface area contributed by atoms with Crippen molar-refractivity contribution >= 4 is 11.0 Å². The van der Waals surface area contributed by atoms with Crippen LogP contribution in [-0.4, -0.2) is 28.8 Å². The second kappa shape index (κ2) is 6.59. The van der Waals surface area contributed by atoms with Gasteiger partial charge in [0.25, 0.3) is 0 Å². The quantitative estimate of drug-likeness (QED) is 0.721. The Labute approximate surface area is 140 Å². The molecule has 0 N–H and O–H groups in total. The molecule has 3 rings (SSSR count). The lowest BCUT2D eigenvalue weighted by Gasteiger charge is -2.12. The summed E-state index contributed by atoms with van der Waals surface area (Å²) < 4.78 is 12.8. The van der Waals surface area contributed by atoms with Crippen LogP contribution in [0.1, 0.15) is 6.92 Å². The molecule has 6 nitrogen and oxygen atoms in total. The van der Waals surface area contributed by atoms with E-state index >= 15 is 0 Å². The Morgan fingerprint density at radius 1 is 1.25 bits per heavy atom. The molecule has 1 unspecified atom stereocenters. The first-order valence-corrected chi connectivity index (χ1v) is 7.60. The van der Waals surface area contributed by atoms with Crippen LogP contribution in [-0.2, 0) is 6.54 Å². The van der Waals surface area contributed by atoms with Gasteiger partial charge in [0.15, 0.2) is 11.5 Å². The van der Waals surface area contributed by atoms with Gasteiger partial charge in [0.05, 0.1) is 37.2 Å². The highest BCUT2D eigenvalue weighted by Gasteiger charge is 2.18. The van der Waals surface area contributed by atoms with Crippen molar-refractivity contribution in [2.75, 3.05) is 14.2 Å². The number of hydrogen-bond acceptors (Lipinski definition) is 5. The number of nitriles is 1. The molecular formula is C18H18N4O2. The minimum atomic E-state index is -0.147. The van der Waals surface area contributed by atoms with Crippen LogP contribution in [0.25, 0.3) is 22.4 Å². The maximum atomic E-state index is 9.21. The van der Waals surface area contributed by atoms with E-state index < -0.39 is 0 Å². The third-order valence-electron chi connectivity index (χ3n) is 3.85. The van der Waals surface area contributed by atoms with Gasteiger partial charge in [0.1, 0.15) is 5.82 Å². The molecule has 3 aromatic rings. The molecule has 0 saturated carbocycles. The van der Waals surface area contributed by atoms with Crippen LogP contribution in [0.5, 0.6) is 11.5 Å². The average molecular weight is 322 g/mol. The van der Waals surface area contributed by atoms with E-state index in [0.29, 0.717) is 18.0 Å². The molecule has 1 atom stereocenters. The topological polar surface area (TPSA) is 73.0 Å². The first-order chi connectivity index (χ1) is 11.7. The summed E-state index contributed by atoms with van der Waals surface area (Å²) in [6.45, 7) is 2.42. The largest absolute Gasteiger partial charge is 0.493 e. The summed E-state index contributed by atoms with van der Waals surface area (Å²) in [6.07, 6.45) is 3.49. The Bertz CT molecular complexity index is 897. The molecule has 0 aliphatic carbocycles. The Hall–Kier alpha value is -3.07. The molecule has 0 fully saturated rings. The molecule has 0 spiro atoms. The van der Waals surface area contributed by atoms with Crippen molar-refractivity contribution in [2.24, 2.45) is 5.92 Å². The van der Waals surface area contributed by atoms with Gasteiger partial charge in [-0.05, 0) is 19.1 Å². The van der Waals surface area contributed by atoms with Crippen molar-refractivity contribution in [1.29, 1.82) is 5.26 Å². The minimum Gasteiger partial charge on any atom is -0.493 e. The maximum absolute atomic E-state index is 9.21. The summed E-state index contributed by atoms with van der Waals surface area (Å²) in [6, 6.07) is 9.84. The van der Waals surface area contributed by atoms with Crippen LogP contribution in [0.3, 0.4) is 0 Å². The minimum absolute atomic E-state index is 0.147. The molecule has 2 aromatic heterocycles. The standard InChI is InChI=1S/C18H18N4O2/c1-12(9-19)11-22-15-8-17(24-3)16(23-2)7-14(15)21-18(22)13-5-4-6-20-10-13/h4-8,10,12H,11H2,1-3H3. The molecule has 0 saturated heterocycles. The van der Waals surface area contributed by atoms with Crippen molar-refractivity contribution in [3.8, 4) is 29.0 Å². The average Bonchev–Trinajstić information content (AvgIpc) is 2.98. The molecule has 122 valence electrons. The highest BCUT2D eigenvalue weighted by molar-refractivity contribution is 5.84. The Morgan fingerprint density at radius 2 is 2.00 bits per heavy atom. The van der Waals surface area contributed by atoms with Crippen LogP contribution < -0.4 is 9.47 Å². The summed E-state index contributed by atoms with van der Waals surface area (Å²) in [5.74, 6) is 1.88. The van der Waals surface area contributed by atoms with Gasteiger partial charge in [-0.2, -0.15) is 5.26 Å². The lowest BCUT2D eigenvalue weighted by atomic mass is 10.2. The lowest BCUT2D eigenvalue weighted by molar-refractivity contribution is 0.355. The summed E-state index contributed by atoms with van der Waals surface area (Å²) >= 11 is 0. The van der Waals surface area contributed by atoms with Crippen molar-refractivity contribution in [1.82, 2.24) is 14.5 Å². The second-order valence-corrected chi connectivity index (χ2v) is 5.51. The number of rotatable bonds is 5. The van der Waals surface area contributed by atoms with E-state index in [-0.39, 0.29) is 5.92 Å².